The van der Waals surface area contributed by atoms with Gasteiger partial charge in [0.2, 0.25) is 0 Å². The molecule has 1 spiro atoms. The summed E-state index contributed by atoms with van der Waals surface area (Å²) in [6, 6.07) is 0. The quantitative estimate of drug-likeness (QED) is 0.750. The van der Waals surface area contributed by atoms with Crippen molar-refractivity contribution >= 4 is 12.0 Å². The van der Waals surface area contributed by atoms with Crippen LogP contribution in [-0.2, 0) is 22.6 Å². The van der Waals surface area contributed by atoms with Crippen LogP contribution in [0.4, 0.5) is 4.79 Å². The van der Waals surface area contributed by atoms with E-state index in [1.165, 1.54) is 0 Å². The molecule has 2 amide bonds. The summed E-state index contributed by atoms with van der Waals surface area (Å²) in [5.41, 5.74) is 0.800. The van der Waals surface area contributed by atoms with E-state index in [0.717, 1.165) is 25.0 Å². The van der Waals surface area contributed by atoms with Crippen molar-refractivity contribution in [3.63, 3.8) is 0 Å². The summed E-state index contributed by atoms with van der Waals surface area (Å²) in [4.78, 5) is 29.4. The van der Waals surface area contributed by atoms with E-state index >= 15 is 0 Å². The molecule has 148 valence electrons. The van der Waals surface area contributed by atoms with Gasteiger partial charge in [-0.15, -0.1) is 0 Å². The van der Waals surface area contributed by atoms with Crippen molar-refractivity contribution in [2.24, 2.45) is 0 Å². The zero-order valence-corrected chi connectivity index (χ0v) is 16.4. The van der Waals surface area contributed by atoms with E-state index in [4.69, 9.17) is 9.47 Å². The third-order valence-electron chi connectivity index (χ3n) is 5.57. The average Bonchev–Trinajstić information content (AvgIpc) is 3.31. The SMILES string of the molecule is CC(C)(C)OC(=O)N1CCn2ncc(C(=O)N3CCOCCC34CC4)c2C1. The monoisotopic (exact) mass is 376 g/mol. The molecule has 1 aromatic rings. The van der Waals surface area contributed by atoms with Gasteiger partial charge >= 0.3 is 6.09 Å². The summed E-state index contributed by atoms with van der Waals surface area (Å²) >= 11 is 0. The summed E-state index contributed by atoms with van der Waals surface area (Å²) in [5, 5.41) is 4.39. The number of hydrogen-bond donors (Lipinski definition) is 0. The van der Waals surface area contributed by atoms with Crippen molar-refractivity contribution in [2.45, 2.75) is 64.3 Å². The number of carbonyl (C=O) groups is 2. The predicted molar refractivity (Wildman–Crippen MR) is 97.3 cm³/mol. The van der Waals surface area contributed by atoms with Crippen LogP contribution < -0.4 is 0 Å². The number of ether oxygens (including phenoxy) is 2. The minimum absolute atomic E-state index is 0.00490. The lowest BCUT2D eigenvalue weighted by molar-refractivity contribution is 0.0192. The molecule has 1 aliphatic carbocycles. The van der Waals surface area contributed by atoms with E-state index in [2.05, 4.69) is 5.10 Å². The van der Waals surface area contributed by atoms with Crippen LogP contribution in [0.1, 0.15) is 56.1 Å². The number of amides is 2. The van der Waals surface area contributed by atoms with Crippen LogP contribution in [0, 0.1) is 0 Å². The third-order valence-corrected chi connectivity index (χ3v) is 5.57. The van der Waals surface area contributed by atoms with Crippen molar-refractivity contribution in [3.8, 4) is 0 Å². The van der Waals surface area contributed by atoms with Crippen LogP contribution in [0.2, 0.25) is 0 Å². The second-order valence-electron chi connectivity index (χ2n) is 8.67. The van der Waals surface area contributed by atoms with Crippen LogP contribution in [0.25, 0.3) is 0 Å². The molecular weight excluding hydrogens is 348 g/mol. The summed E-state index contributed by atoms with van der Waals surface area (Å²) in [7, 11) is 0. The summed E-state index contributed by atoms with van der Waals surface area (Å²) in [5.74, 6) is 0.00490. The summed E-state index contributed by atoms with van der Waals surface area (Å²) < 4.78 is 12.9. The molecule has 27 heavy (non-hydrogen) atoms. The highest BCUT2D eigenvalue weighted by Crippen LogP contribution is 2.46. The van der Waals surface area contributed by atoms with Crippen molar-refractivity contribution in [1.29, 1.82) is 0 Å². The lowest BCUT2D eigenvalue weighted by atomic mass is 10.1. The molecular formula is C19H28N4O4. The van der Waals surface area contributed by atoms with E-state index < -0.39 is 5.60 Å². The van der Waals surface area contributed by atoms with Gasteiger partial charge in [0.25, 0.3) is 5.91 Å². The Morgan fingerprint density at radius 1 is 1.15 bits per heavy atom. The van der Waals surface area contributed by atoms with Gasteiger partial charge in [-0.25, -0.2) is 4.79 Å². The van der Waals surface area contributed by atoms with Gasteiger partial charge in [0.15, 0.2) is 0 Å². The lowest BCUT2D eigenvalue weighted by Gasteiger charge is -2.32. The molecule has 0 aromatic carbocycles. The molecule has 3 heterocycles. The van der Waals surface area contributed by atoms with Crippen LogP contribution in [0.3, 0.4) is 0 Å². The second kappa shape index (κ2) is 6.51. The van der Waals surface area contributed by atoms with Gasteiger partial charge < -0.3 is 19.3 Å². The van der Waals surface area contributed by atoms with Crippen LogP contribution in [0.5, 0.6) is 0 Å². The molecule has 2 fully saturated rings. The Balaban J connectivity index is 1.54. The van der Waals surface area contributed by atoms with Gasteiger partial charge in [-0.2, -0.15) is 5.10 Å². The molecule has 1 aromatic heterocycles. The van der Waals surface area contributed by atoms with Crippen molar-refractivity contribution < 1.29 is 19.1 Å². The van der Waals surface area contributed by atoms with E-state index in [0.29, 0.717) is 45.0 Å². The second-order valence-corrected chi connectivity index (χ2v) is 8.67. The zero-order valence-electron chi connectivity index (χ0n) is 16.4. The number of carbonyl (C=O) groups excluding carboxylic acids is 2. The highest BCUT2D eigenvalue weighted by molar-refractivity contribution is 5.96. The minimum Gasteiger partial charge on any atom is -0.444 e. The van der Waals surface area contributed by atoms with E-state index in [1.54, 1.807) is 11.1 Å². The van der Waals surface area contributed by atoms with E-state index in [1.807, 2.05) is 30.4 Å². The molecule has 2 aliphatic heterocycles. The minimum atomic E-state index is -0.544. The molecule has 4 rings (SSSR count). The summed E-state index contributed by atoms with van der Waals surface area (Å²) in [6.07, 6.45) is 4.27. The molecule has 0 radical (unpaired) electrons. The standard InChI is InChI=1S/C19H28N4O4/c1-18(2,3)27-17(25)21-7-8-23-15(13-21)14(12-20-23)16(24)22-9-11-26-10-6-19(22)4-5-19/h12H,4-11,13H2,1-3H3. The van der Waals surface area contributed by atoms with E-state index in [-0.39, 0.29) is 17.5 Å². The van der Waals surface area contributed by atoms with Gasteiger partial charge in [-0.05, 0) is 40.0 Å². The largest absolute Gasteiger partial charge is 0.444 e. The molecule has 8 heteroatoms. The maximum Gasteiger partial charge on any atom is 0.410 e. The molecule has 0 N–H and O–H groups in total. The molecule has 1 saturated carbocycles. The topological polar surface area (TPSA) is 76.9 Å². The maximum atomic E-state index is 13.3. The predicted octanol–water partition coefficient (Wildman–Crippen LogP) is 2.03. The van der Waals surface area contributed by atoms with Crippen molar-refractivity contribution in [1.82, 2.24) is 19.6 Å². The molecule has 3 aliphatic rings. The smallest absolute Gasteiger partial charge is 0.410 e. The fraction of sp³-hybridized carbons (Fsp3) is 0.737. The Morgan fingerprint density at radius 3 is 2.63 bits per heavy atom. The Morgan fingerprint density at radius 2 is 1.93 bits per heavy atom. The van der Waals surface area contributed by atoms with E-state index in [9.17, 15) is 9.59 Å². The highest BCUT2D eigenvalue weighted by atomic mass is 16.6. The van der Waals surface area contributed by atoms with Gasteiger partial charge in [-0.3, -0.25) is 9.48 Å². The summed E-state index contributed by atoms with van der Waals surface area (Å²) in [6.45, 7) is 8.88. The molecule has 0 atom stereocenters. The van der Waals surface area contributed by atoms with Crippen molar-refractivity contribution in [2.75, 3.05) is 26.3 Å². The van der Waals surface area contributed by atoms with Crippen LogP contribution in [0.15, 0.2) is 6.20 Å². The molecule has 1 saturated heterocycles. The lowest BCUT2D eigenvalue weighted by Crippen LogP contribution is -2.44. The van der Waals surface area contributed by atoms with Gasteiger partial charge in [-0.1, -0.05) is 0 Å². The number of nitrogens with zero attached hydrogens (tertiary/aromatic N) is 4. The van der Waals surface area contributed by atoms with Crippen LogP contribution in [-0.4, -0.2) is 69.0 Å². The number of fused-ring (bicyclic) bond motifs is 1. The normalized spacial score (nSPS) is 21.6. The van der Waals surface area contributed by atoms with Gasteiger partial charge in [0.1, 0.15) is 5.60 Å². The fourth-order valence-electron chi connectivity index (χ4n) is 3.93. The third kappa shape index (κ3) is 3.54. The molecule has 0 bridgehead atoms. The Labute approximate surface area is 159 Å². The number of aromatic nitrogens is 2. The Hall–Kier alpha value is -2.09. The van der Waals surface area contributed by atoms with Crippen molar-refractivity contribution in [3.05, 3.63) is 17.5 Å². The fourth-order valence-corrected chi connectivity index (χ4v) is 3.93. The first-order valence-corrected chi connectivity index (χ1v) is 9.71. The van der Waals surface area contributed by atoms with Gasteiger partial charge in [0, 0.05) is 25.2 Å². The van der Waals surface area contributed by atoms with Crippen LogP contribution >= 0.6 is 0 Å². The average molecular weight is 376 g/mol. The zero-order chi connectivity index (χ0) is 19.2. The Bertz CT molecular complexity index is 747. The maximum absolute atomic E-state index is 13.3. The van der Waals surface area contributed by atoms with Gasteiger partial charge in [0.05, 0.1) is 37.2 Å². The first kappa shape index (κ1) is 18.3. The highest BCUT2D eigenvalue weighted by Gasteiger charge is 2.51. The first-order valence-electron chi connectivity index (χ1n) is 9.71. The Kier molecular flexibility index (Phi) is 4.41. The molecule has 8 nitrogen and oxygen atoms in total. The number of rotatable bonds is 1. The number of hydrogen-bond acceptors (Lipinski definition) is 5. The first-order chi connectivity index (χ1) is 12.8. The molecule has 0 unspecified atom stereocenters.